The van der Waals surface area contributed by atoms with Crippen LogP contribution in [0.25, 0.3) is 0 Å². The number of amides is 1. The van der Waals surface area contributed by atoms with Crippen LogP contribution in [0.15, 0.2) is 46.9 Å². The predicted octanol–water partition coefficient (Wildman–Crippen LogP) is 4.29. The van der Waals surface area contributed by atoms with Gasteiger partial charge in [0.05, 0.1) is 17.3 Å². The minimum Gasteiger partial charge on any atom is -0.375 e. The second-order valence-electron chi connectivity index (χ2n) is 4.03. The molecule has 2 N–H and O–H groups in total. The third kappa shape index (κ3) is 4.21. The van der Waals surface area contributed by atoms with E-state index in [0.717, 1.165) is 4.47 Å². The summed E-state index contributed by atoms with van der Waals surface area (Å²) in [6, 6.07) is 10.9. The highest BCUT2D eigenvalue weighted by atomic mass is 79.9. The molecule has 1 amide bonds. The van der Waals surface area contributed by atoms with Crippen LogP contribution in [0.3, 0.4) is 0 Å². The molecule has 3 nitrogen and oxygen atoms in total. The van der Waals surface area contributed by atoms with Crippen molar-refractivity contribution in [3.05, 3.63) is 57.8 Å². The summed E-state index contributed by atoms with van der Waals surface area (Å²) in [5, 5.41) is 6.10. The highest BCUT2D eigenvalue weighted by Gasteiger charge is 2.05. The number of rotatable bonds is 4. The van der Waals surface area contributed by atoms with E-state index in [2.05, 4.69) is 26.6 Å². The van der Waals surface area contributed by atoms with Gasteiger partial charge in [-0.25, -0.2) is 4.39 Å². The standard InChI is InChI=1S/C14H11BrClFN2O/c15-9-1-6-13(12(16)7-9)18-8-14(20)19-11-4-2-10(17)3-5-11/h1-7,18H,8H2,(H,19,20). The van der Waals surface area contributed by atoms with E-state index in [1.54, 1.807) is 12.1 Å². The summed E-state index contributed by atoms with van der Waals surface area (Å²) in [6.07, 6.45) is 0. The molecule has 2 aromatic carbocycles. The molecule has 0 saturated heterocycles. The average Bonchev–Trinajstić information content (AvgIpc) is 2.40. The molecule has 0 spiro atoms. The minimum atomic E-state index is -0.345. The van der Waals surface area contributed by atoms with Gasteiger partial charge in [0, 0.05) is 10.2 Å². The van der Waals surface area contributed by atoms with Crippen molar-refractivity contribution in [1.29, 1.82) is 0 Å². The van der Waals surface area contributed by atoms with Crippen molar-refractivity contribution < 1.29 is 9.18 Å². The fraction of sp³-hybridized carbons (Fsp3) is 0.0714. The Hall–Kier alpha value is -1.59. The first-order chi connectivity index (χ1) is 9.54. The minimum absolute atomic E-state index is 0.0682. The number of hydrogen-bond donors (Lipinski definition) is 2. The number of carbonyl (C=O) groups is 1. The van der Waals surface area contributed by atoms with Gasteiger partial charge in [0.25, 0.3) is 0 Å². The van der Waals surface area contributed by atoms with Crippen molar-refractivity contribution in [1.82, 2.24) is 0 Å². The number of nitrogens with one attached hydrogen (secondary N) is 2. The molecule has 0 atom stereocenters. The Labute approximate surface area is 129 Å². The van der Waals surface area contributed by atoms with Gasteiger partial charge >= 0.3 is 0 Å². The van der Waals surface area contributed by atoms with E-state index in [4.69, 9.17) is 11.6 Å². The molecule has 2 rings (SSSR count). The smallest absolute Gasteiger partial charge is 0.243 e. The molecule has 0 aliphatic rings. The van der Waals surface area contributed by atoms with Crippen LogP contribution in [0.5, 0.6) is 0 Å². The number of hydrogen-bond acceptors (Lipinski definition) is 2. The Morgan fingerprint density at radius 3 is 2.55 bits per heavy atom. The summed E-state index contributed by atoms with van der Waals surface area (Å²) >= 11 is 9.33. The van der Waals surface area contributed by atoms with E-state index in [0.29, 0.717) is 16.4 Å². The molecule has 0 radical (unpaired) electrons. The SMILES string of the molecule is O=C(CNc1ccc(Br)cc1Cl)Nc1ccc(F)cc1. The summed E-state index contributed by atoms with van der Waals surface area (Å²) in [6.45, 7) is 0.0682. The summed E-state index contributed by atoms with van der Waals surface area (Å²) in [5.41, 5.74) is 1.21. The lowest BCUT2D eigenvalue weighted by molar-refractivity contribution is -0.114. The quantitative estimate of drug-likeness (QED) is 0.857. The van der Waals surface area contributed by atoms with Gasteiger partial charge in [-0.2, -0.15) is 0 Å². The molecule has 0 heterocycles. The predicted molar refractivity (Wildman–Crippen MR) is 82.7 cm³/mol. The van der Waals surface area contributed by atoms with Crippen LogP contribution in [0.1, 0.15) is 0 Å². The van der Waals surface area contributed by atoms with Crippen molar-refractivity contribution >= 4 is 44.8 Å². The van der Waals surface area contributed by atoms with Crippen LogP contribution < -0.4 is 10.6 Å². The monoisotopic (exact) mass is 356 g/mol. The van der Waals surface area contributed by atoms with Crippen molar-refractivity contribution in [2.75, 3.05) is 17.2 Å². The molecule has 2 aromatic rings. The highest BCUT2D eigenvalue weighted by molar-refractivity contribution is 9.10. The molecule has 104 valence electrons. The summed E-state index contributed by atoms with van der Waals surface area (Å²) in [4.78, 5) is 11.7. The van der Waals surface area contributed by atoms with E-state index in [1.807, 2.05) is 6.07 Å². The fourth-order valence-electron chi connectivity index (χ4n) is 1.55. The molecule has 0 saturated carbocycles. The Bertz CT molecular complexity index is 619. The van der Waals surface area contributed by atoms with Crippen LogP contribution in [0.2, 0.25) is 5.02 Å². The van der Waals surface area contributed by atoms with Gasteiger partial charge in [0.15, 0.2) is 0 Å². The molecule has 0 unspecified atom stereocenters. The van der Waals surface area contributed by atoms with E-state index in [9.17, 15) is 9.18 Å². The van der Waals surface area contributed by atoms with Crippen LogP contribution in [0.4, 0.5) is 15.8 Å². The highest BCUT2D eigenvalue weighted by Crippen LogP contribution is 2.25. The van der Waals surface area contributed by atoms with Gasteiger partial charge in [0.1, 0.15) is 5.82 Å². The second kappa shape index (κ2) is 6.72. The zero-order valence-electron chi connectivity index (χ0n) is 10.3. The maximum absolute atomic E-state index is 12.7. The first-order valence-electron chi connectivity index (χ1n) is 5.79. The molecule has 0 aliphatic heterocycles. The molecule has 0 aromatic heterocycles. The molecule has 0 fully saturated rings. The zero-order valence-corrected chi connectivity index (χ0v) is 12.6. The van der Waals surface area contributed by atoms with Crippen LogP contribution in [0, 0.1) is 5.82 Å². The lowest BCUT2D eigenvalue weighted by Crippen LogP contribution is -2.21. The molecular formula is C14H11BrClFN2O. The van der Waals surface area contributed by atoms with Crippen molar-refractivity contribution in [2.45, 2.75) is 0 Å². The summed E-state index contributed by atoms with van der Waals surface area (Å²) in [5.74, 6) is -0.585. The largest absolute Gasteiger partial charge is 0.375 e. The van der Waals surface area contributed by atoms with Crippen molar-refractivity contribution in [3.63, 3.8) is 0 Å². The van der Waals surface area contributed by atoms with Gasteiger partial charge in [-0.05, 0) is 42.5 Å². The van der Waals surface area contributed by atoms with Crippen molar-refractivity contribution in [3.8, 4) is 0 Å². The molecule has 0 bridgehead atoms. The van der Waals surface area contributed by atoms with Gasteiger partial charge in [-0.3, -0.25) is 4.79 Å². The Balaban J connectivity index is 1.90. The second-order valence-corrected chi connectivity index (χ2v) is 5.36. The van der Waals surface area contributed by atoms with Gasteiger partial charge in [-0.15, -0.1) is 0 Å². The lowest BCUT2D eigenvalue weighted by atomic mass is 10.3. The first-order valence-corrected chi connectivity index (χ1v) is 6.96. The topological polar surface area (TPSA) is 41.1 Å². The molecule has 6 heteroatoms. The Morgan fingerprint density at radius 2 is 1.90 bits per heavy atom. The van der Waals surface area contributed by atoms with Gasteiger partial charge < -0.3 is 10.6 Å². The fourth-order valence-corrected chi connectivity index (χ4v) is 2.29. The Kier molecular flexibility index (Phi) is 4.98. The van der Waals surface area contributed by atoms with Crippen molar-refractivity contribution in [2.24, 2.45) is 0 Å². The van der Waals surface area contributed by atoms with Crippen LogP contribution in [-0.4, -0.2) is 12.5 Å². The molecular weight excluding hydrogens is 347 g/mol. The number of benzene rings is 2. The Morgan fingerprint density at radius 1 is 1.20 bits per heavy atom. The van der Waals surface area contributed by atoms with E-state index < -0.39 is 0 Å². The third-order valence-corrected chi connectivity index (χ3v) is 3.30. The zero-order chi connectivity index (χ0) is 14.5. The maximum atomic E-state index is 12.7. The molecule has 0 aliphatic carbocycles. The maximum Gasteiger partial charge on any atom is 0.243 e. The number of halogens is 3. The first kappa shape index (κ1) is 14.8. The average molecular weight is 358 g/mol. The number of carbonyl (C=O) groups excluding carboxylic acids is 1. The van der Waals surface area contributed by atoms with E-state index >= 15 is 0 Å². The lowest BCUT2D eigenvalue weighted by Gasteiger charge is -2.09. The normalized spacial score (nSPS) is 10.2. The van der Waals surface area contributed by atoms with Gasteiger partial charge in [0.2, 0.25) is 5.91 Å². The molecule has 20 heavy (non-hydrogen) atoms. The van der Waals surface area contributed by atoms with E-state index in [1.165, 1.54) is 24.3 Å². The summed E-state index contributed by atoms with van der Waals surface area (Å²) < 4.78 is 13.6. The summed E-state index contributed by atoms with van der Waals surface area (Å²) in [7, 11) is 0. The van der Waals surface area contributed by atoms with Crippen LogP contribution in [-0.2, 0) is 4.79 Å². The van der Waals surface area contributed by atoms with E-state index in [-0.39, 0.29) is 18.3 Å². The van der Waals surface area contributed by atoms with Gasteiger partial charge in [-0.1, -0.05) is 27.5 Å². The van der Waals surface area contributed by atoms with Crippen LogP contribution >= 0.6 is 27.5 Å². The number of anilines is 2. The third-order valence-electron chi connectivity index (χ3n) is 2.50.